The highest BCUT2D eigenvalue weighted by atomic mass is 19.4. The zero-order valence-corrected chi connectivity index (χ0v) is 13.5. The van der Waals surface area contributed by atoms with Crippen LogP contribution in [0.4, 0.5) is 13.2 Å². The fourth-order valence-electron chi connectivity index (χ4n) is 2.87. The molecule has 2 heterocycles. The fraction of sp³-hybridized carbons (Fsp3) is 0.333. The van der Waals surface area contributed by atoms with Gasteiger partial charge in [0.15, 0.2) is 0 Å². The summed E-state index contributed by atoms with van der Waals surface area (Å²) in [5.74, 6) is -0.418. The van der Waals surface area contributed by atoms with Gasteiger partial charge in [-0.2, -0.15) is 13.2 Å². The Morgan fingerprint density at radius 3 is 2.60 bits per heavy atom. The van der Waals surface area contributed by atoms with E-state index in [2.05, 4.69) is 27.3 Å². The van der Waals surface area contributed by atoms with Crippen LogP contribution in [-0.2, 0) is 19.1 Å². The number of pyridine rings is 1. The summed E-state index contributed by atoms with van der Waals surface area (Å²) in [6.45, 7) is 2.89. The highest BCUT2D eigenvalue weighted by Gasteiger charge is 2.32. The predicted octanol–water partition coefficient (Wildman–Crippen LogP) is 2.89. The number of benzene rings is 1. The first-order chi connectivity index (χ1) is 11.9. The topological polar surface area (TPSA) is 45.2 Å². The van der Waals surface area contributed by atoms with E-state index in [9.17, 15) is 18.0 Å². The second-order valence-corrected chi connectivity index (χ2v) is 5.98. The summed E-state index contributed by atoms with van der Waals surface area (Å²) in [4.78, 5) is 17.5. The van der Waals surface area contributed by atoms with Gasteiger partial charge in [-0.05, 0) is 29.7 Å². The van der Waals surface area contributed by atoms with Crippen molar-refractivity contribution in [2.24, 2.45) is 0 Å². The Labute approximate surface area is 143 Å². The van der Waals surface area contributed by atoms with Crippen LogP contribution in [-0.4, -0.2) is 35.4 Å². The zero-order valence-electron chi connectivity index (χ0n) is 13.5. The van der Waals surface area contributed by atoms with Gasteiger partial charge in [0.05, 0.1) is 5.56 Å². The molecule has 0 saturated heterocycles. The number of nitrogens with zero attached hydrogens (tertiary/aromatic N) is 2. The third-order valence-electron chi connectivity index (χ3n) is 4.24. The van der Waals surface area contributed by atoms with E-state index < -0.39 is 17.8 Å². The van der Waals surface area contributed by atoms with Crippen molar-refractivity contribution in [1.82, 2.24) is 15.2 Å². The molecular weight excluding hydrogens is 331 g/mol. The van der Waals surface area contributed by atoms with Crippen LogP contribution in [0, 0.1) is 0 Å². The first kappa shape index (κ1) is 17.4. The van der Waals surface area contributed by atoms with Crippen molar-refractivity contribution in [2.75, 3.05) is 19.6 Å². The van der Waals surface area contributed by atoms with E-state index >= 15 is 0 Å². The van der Waals surface area contributed by atoms with Gasteiger partial charge in [-0.3, -0.25) is 14.7 Å². The first-order valence-electron chi connectivity index (χ1n) is 8.04. The Balaban J connectivity index is 1.48. The lowest BCUT2D eigenvalue weighted by atomic mass is 10.00. The lowest BCUT2D eigenvalue weighted by Crippen LogP contribution is -2.37. The van der Waals surface area contributed by atoms with Crippen LogP contribution in [0.5, 0.6) is 0 Å². The largest absolute Gasteiger partial charge is 0.433 e. The molecule has 3 rings (SSSR count). The number of rotatable bonds is 4. The van der Waals surface area contributed by atoms with Gasteiger partial charge in [-0.25, -0.2) is 0 Å². The lowest BCUT2D eigenvalue weighted by Gasteiger charge is -2.28. The number of amides is 1. The molecule has 4 nitrogen and oxygen atoms in total. The summed E-state index contributed by atoms with van der Waals surface area (Å²) in [6.07, 6.45) is -2.57. The van der Waals surface area contributed by atoms with Crippen LogP contribution in [0.3, 0.4) is 0 Å². The average Bonchev–Trinajstić information content (AvgIpc) is 2.61. The Morgan fingerprint density at radius 1 is 1.16 bits per heavy atom. The number of halogens is 3. The summed E-state index contributed by atoms with van der Waals surface area (Å²) in [5.41, 5.74) is 1.78. The van der Waals surface area contributed by atoms with E-state index in [0.717, 1.165) is 37.8 Å². The van der Waals surface area contributed by atoms with Gasteiger partial charge < -0.3 is 5.32 Å². The van der Waals surface area contributed by atoms with E-state index in [1.54, 1.807) is 0 Å². The molecule has 0 bridgehead atoms. The maximum absolute atomic E-state index is 12.5. The molecule has 1 aromatic heterocycles. The zero-order chi connectivity index (χ0) is 17.9. The number of carbonyl (C=O) groups is 1. The van der Waals surface area contributed by atoms with Gasteiger partial charge in [0.2, 0.25) is 0 Å². The van der Waals surface area contributed by atoms with E-state index in [0.29, 0.717) is 13.1 Å². The van der Waals surface area contributed by atoms with Crippen molar-refractivity contribution in [3.05, 3.63) is 65.0 Å². The molecule has 1 amide bonds. The molecular formula is C18H18F3N3O. The van der Waals surface area contributed by atoms with Crippen molar-refractivity contribution in [3.63, 3.8) is 0 Å². The van der Waals surface area contributed by atoms with Gasteiger partial charge in [0.25, 0.3) is 5.91 Å². The van der Waals surface area contributed by atoms with E-state index in [1.165, 1.54) is 11.1 Å². The summed E-state index contributed by atoms with van der Waals surface area (Å²) < 4.78 is 37.4. The number of fused-ring (bicyclic) bond motifs is 1. The van der Waals surface area contributed by atoms with Crippen LogP contribution in [0.2, 0.25) is 0 Å². The highest BCUT2D eigenvalue weighted by Crippen LogP contribution is 2.27. The first-order valence-corrected chi connectivity index (χ1v) is 8.04. The highest BCUT2D eigenvalue weighted by molar-refractivity contribution is 5.93. The molecule has 2 aromatic rings. The van der Waals surface area contributed by atoms with Crippen LogP contribution in [0.25, 0.3) is 0 Å². The minimum Gasteiger partial charge on any atom is -0.351 e. The molecule has 0 fully saturated rings. The van der Waals surface area contributed by atoms with Crippen molar-refractivity contribution in [1.29, 1.82) is 0 Å². The lowest BCUT2D eigenvalue weighted by molar-refractivity contribution is -0.141. The molecule has 1 aromatic carbocycles. The predicted molar refractivity (Wildman–Crippen MR) is 87.0 cm³/mol. The normalized spacial score (nSPS) is 14.8. The molecule has 1 N–H and O–H groups in total. The Morgan fingerprint density at radius 2 is 1.92 bits per heavy atom. The molecule has 0 spiro atoms. The van der Waals surface area contributed by atoms with Crippen molar-refractivity contribution < 1.29 is 18.0 Å². The molecule has 0 saturated carbocycles. The maximum atomic E-state index is 12.5. The Kier molecular flexibility index (Phi) is 5.03. The third kappa shape index (κ3) is 4.36. The summed E-state index contributed by atoms with van der Waals surface area (Å²) in [5, 5.41) is 2.73. The van der Waals surface area contributed by atoms with E-state index in [4.69, 9.17) is 0 Å². The van der Waals surface area contributed by atoms with E-state index in [-0.39, 0.29) is 5.56 Å². The maximum Gasteiger partial charge on any atom is 0.433 e. The minimum absolute atomic E-state index is 0.122. The summed E-state index contributed by atoms with van der Waals surface area (Å²) >= 11 is 0. The summed E-state index contributed by atoms with van der Waals surface area (Å²) in [6, 6.07) is 10.2. The number of aromatic nitrogens is 1. The second kappa shape index (κ2) is 7.23. The van der Waals surface area contributed by atoms with Crippen LogP contribution < -0.4 is 5.32 Å². The number of alkyl halides is 3. The second-order valence-electron chi connectivity index (χ2n) is 5.98. The number of hydrogen-bond acceptors (Lipinski definition) is 3. The van der Waals surface area contributed by atoms with E-state index in [1.807, 2.05) is 12.1 Å². The average molecular weight is 349 g/mol. The van der Waals surface area contributed by atoms with Gasteiger partial charge in [-0.1, -0.05) is 24.3 Å². The molecule has 132 valence electrons. The Hall–Kier alpha value is -2.41. The van der Waals surface area contributed by atoms with Gasteiger partial charge in [-0.15, -0.1) is 0 Å². The summed E-state index contributed by atoms with van der Waals surface area (Å²) in [7, 11) is 0. The third-order valence-corrected chi connectivity index (χ3v) is 4.24. The number of nitrogens with one attached hydrogen (secondary N) is 1. The van der Waals surface area contributed by atoms with Gasteiger partial charge in [0, 0.05) is 32.4 Å². The number of carbonyl (C=O) groups excluding carboxylic acids is 1. The molecule has 1 aliphatic heterocycles. The molecule has 0 radical (unpaired) electrons. The van der Waals surface area contributed by atoms with Gasteiger partial charge >= 0.3 is 6.18 Å². The van der Waals surface area contributed by atoms with Crippen LogP contribution >= 0.6 is 0 Å². The smallest absolute Gasteiger partial charge is 0.351 e. The quantitative estimate of drug-likeness (QED) is 0.923. The minimum atomic E-state index is -4.50. The van der Waals surface area contributed by atoms with Crippen molar-refractivity contribution >= 4 is 5.91 Å². The molecule has 0 atom stereocenters. The SMILES string of the molecule is O=C(NCCN1CCc2ccccc2C1)c1ccc(C(F)(F)F)nc1. The molecule has 0 aliphatic carbocycles. The molecule has 1 aliphatic rings. The Bertz CT molecular complexity index is 744. The van der Waals surface area contributed by atoms with Crippen LogP contribution in [0.1, 0.15) is 27.2 Å². The molecule has 7 heteroatoms. The fourth-order valence-corrected chi connectivity index (χ4v) is 2.87. The number of hydrogen-bond donors (Lipinski definition) is 1. The standard InChI is InChI=1S/C18H18F3N3O/c19-18(20,21)16-6-5-14(11-23-16)17(25)22-8-10-24-9-7-13-3-1-2-4-15(13)12-24/h1-6,11H,7-10,12H2,(H,22,25). The monoisotopic (exact) mass is 349 g/mol. The molecule has 25 heavy (non-hydrogen) atoms. The van der Waals surface area contributed by atoms with Crippen molar-refractivity contribution in [2.45, 2.75) is 19.1 Å². The van der Waals surface area contributed by atoms with Crippen LogP contribution in [0.15, 0.2) is 42.6 Å². The van der Waals surface area contributed by atoms with Gasteiger partial charge in [0.1, 0.15) is 5.69 Å². The molecule has 0 unspecified atom stereocenters. The van der Waals surface area contributed by atoms with Crippen molar-refractivity contribution in [3.8, 4) is 0 Å².